The zero-order valence-electron chi connectivity index (χ0n) is 11.0. The molecule has 1 unspecified atom stereocenters. The number of nitrogens with zero attached hydrogens (tertiary/aromatic N) is 2. The van der Waals surface area contributed by atoms with Gasteiger partial charge in [-0.2, -0.15) is 17.4 Å². The van der Waals surface area contributed by atoms with Gasteiger partial charge in [0.25, 0.3) is 10.2 Å². The summed E-state index contributed by atoms with van der Waals surface area (Å²) in [6, 6.07) is 1.64. The maximum atomic E-state index is 12.2. The Morgan fingerprint density at radius 2 is 2.42 bits per heavy atom. The predicted molar refractivity (Wildman–Crippen MR) is 70.5 cm³/mol. The van der Waals surface area contributed by atoms with Gasteiger partial charge in [-0.3, -0.25) is 0 Å². The van der Waals surface area contributed by atoms with Crippen molar-refractivity contribution in [2.24, 2.45) is 5.92 Å². The fourth-order valence-electron chi connectivity index (χ4n) is 2.29. The van der Waals surface area contributed by atoms with Gasteiger partial charge in [-0.25, -0.2) is 0 Å². The minimum absolute atomic E-state index is 0.134. The van der Waals surface area contributed by atoms with Crippen molar-refractivity contribution in [1.82, 2.24) is 19.5 Å². The molecule has 8 heteroatoms. The van der Waals surface area contributed by atoms with E-state index in [1.54, 1.807) is 6.07 Å². The topological polar surface area (TPSA) is 87.5 Å². The van der Waals surface area contributed by atoms with Crippen molar-refractivity contribution in [2.45, 2.75) is 19.4 Å². The summed E-state index contributed by atoms with van der Waals surface area (Å²) in [5.74, 6) is 0.882. The van der Waals surface area contributed by atoms with Crippen molar-refractivity contribution in [1.29, 1.82) is 0 Å². The first-order valence-electron chi connectivity index (χ1n) is 6.40. The highest BCUT2D eigenvalue weighted by atomic mass is 32.2. The van der Waals surface area contributed by atoms with Crippen LogP contribution in [0.3, 0.4) is 0 Å². The van der Waals surface area contributed by atoms with Gasteiger partial charge < -0.3 is 9.84 Å². The molecule has 1 fully saturated rings. The molecule has 0 aromatic carbocycles. The van der Waals surface area contributed by atoms with Gasteiger partial charge in [-0.15, -0.1) is 0 Å². The van der Waals surface area contributed by atoms with Gasteiger partial charge in [0.05, 0.1) is 12.7 Å². The Kier molecular flexibility index (Phi) is 4.92. The summed E-state index contributed by atoms with van der Waals surface area (Å²) in [4.78, 5) is 0. The summed E-state index contributed by atoms with van der Waals surface area (Å²) in [6.45, 7) is 2.11. The van der Waals surface area contributed by atoms with E-state index in [9.17, 15) is 8.42 Å². The van der Waals surface area contributed by atoms with Crippen molar-refractivity contribution in [2.75, 3.05) is 26.7 Å². The predicted octanol–water partition coefficient (Wildman–Crippen LogP) is -0.0596. The van der Waals surface area contributed by atoms with Crippen LogP contribution in [-0.2, 0) is 16.8 Å². The zero-order chi connectivity index (χ0) is 13.7. The molecular formula is C11H20N4O3S. The normalized spacial score (nSPS) is 21.6. The largest absolute Gasteiger partial charge is 0.360 e. The van der Waals surface area contributed by atoms with Gasteiger partial charge >= 0.3 is 0 Å². The lowest BCUT2D eigenvalue weighted by Gasteiger charge is -2.31. The summed E-state index contributed by atoms with van der Waals surface area (Å²) in [5.41, 5.74) is 0. The molecule has 0 spiro atoms. The lowest BCUT2D eigenvalue weighted by molar-refractivity contribution is 0.260. The van der Waals surface area contributed by atoms with Crippen LogP contribution in [0.5, 0.6) is 0 Å². The zero-order valence-corrected chi connectivity index (χ0v) is 11.8. The quantitative estimate of drug-likeness (QED) is 0.766. The Hall–Kier alpha value is -0.960. The molecule has 2 rings (SSSR count). The molecule has 7 nitrogen and oxygen atoms in total. The average Bonchev–Trinajstić information content (AvgIpc) is 2.90. The van der Waals surface area contributed by atoms with Gasteiger partial charge in [-0.1, -0.05) is 5.16 Å². The maximum Gasteiger partial charge on any atom is 0.279 e. The summed E-state index contributed by atoms with van der Waals surface area (Å²) >= 11 is 0. The van der Waals surface area contributed by atoms with Gasteiger partial charge in [0.15, 0.2) is 5.76 Å². The molecule has 0 aliphatic carbocycles. The molecule has 2 heterocycles. The SMILES string of the molecule is CNCC1CCCN(S(=O)(=O)NCc2ccno2)C1. The fourth-order valence-corrected chi connectivity index (χ4v) is 3.57. The molecule has 1 aromatic heterocycles. The molecule has 19 heavy (non-hydrogen) atoms. The number of hydrogen-bond acceptors (Lipinski definition) is 5. The van der Waals surface area contributed by atoms with E-state index in [4.69, 9.17) is 4.52 Å². The highest BCUT2D eigenvalue weighted by Gasteiger charge is 2.28. The third-order valence-electron chi connectivity index (χ3n) is 3.23. The number of hydrogen-bond donors (Lipinski definition) is 2. The Bertz CT molecular complexity index is 472. The third-order valence-corrected chi connectivity index (χ3v) is 4.76. The third kappa shape index (κ3) is 4.00. The van der Waals surface area contributed by atoms with E-state index in [1.807, 2.05) is 7.05 Å². The van der Waals surface area contributed by atoms with Gasteiger partial charge in [0.1, 0.15) is 0 Å². The molecule has 1 aliphatic rings. The van der Waals surface area contributed by atoms with Crippen molar-refractivity contribution < 1.29 is 12.9 Å². The smallest absolute Gasteiger partial charge is 0.279 e. The second-order valence-corrected chi connectivity index (χ2v) is 6.48. The average molecular weight is 288 g/mol. The molecule has 0 bridgehead atoms. The van der Waals surface area contributed by atoms with Crippen LogP contribution >= 0.6 is 0 Å². The maximum absolute atomic E-state index is 12.2. The molecule has 1 saturated heterocycles. The van der Waals surface area contributed by atoms with Crippen molar-refractivity contribution in [3.63, 3.8) is 0 Å². The number of rotatable bonds is 6. The Balaban J connectivity index is 1.91. The van der Waals surface area contributed by atoms with Crippen LogP contribution in [0.4, 0.5) is 0 Å². The van der Waals surface area contributed by atoms with E-state index >= 15 is 0 Å². The van der Waals surface area contributed by atoms with E-state index in [1.165, 1.54) is 10.5 Å². The van der Waals surface area contributed by atoms with Gasteiger partial charge in [0.2, 0.25) is 0 Å². The molecular weight excluding hydrogens is 268 g/mol. The molecule has 1 aromatic rings. The van der Waals surface area contributed by atoms with Gasteiger partial charge in [0, 0.05) is 19.2 Å². The van der Waals surface area contributed by atoms with E-state index in [-0.39, 0.29) is 6.54 Å². The van der Waals surface area contributed by atoms with Crippen LogP contribution in [0.2, 0.25) is 0 Å². The van der Waals surface area contributed by atoms with Crippen molar-refractivity contribution >= 4 is 10.2 Å². The summed E-state index contributed by atoms with van der Waals surface area (Å²) in [7, 11) is -1.56. The first kappa shape index (κ1) is 14.4. The Labute approximate surface area is 113 Å². The number of aromatic nitrogens is 1. The molecule has 0 radical (unpaired) electrons. The lowest BCUT2D eigenvalue weighted by atomic mass is 10.00. The van der Waals surface area contributed by atoms with Crippen LogP contribution < -0.4 is 10.0 Å². The molecule has 0 amide bonds. The minimum atomic E-state index is -3.44. The molecule has 1 aliphatic heterocycles. The summed E-state index contributed by atoms with van der Waals surface area (Å²) in [6.07, 6.45) is 3.46. The second-order valence-electron chi connectivity index (χ2n) is 4.73. The van der Waals surface area contributed by atoms with Gasteiger partial charge in [-0.05, 0) is 32.4 Å². The van der Waals surface area contributed by atoms with Crippen LogP contribution in [0.1, 0.15) is 18.6 Å². The van der Waals surface area contributed by atoms with Crippen LogP contribution in [0.15, 0.2) is 16.8 Å². The molecule has 1 atom stereocenters. The fraction of sp³-hybridized carbons (Fsp3) is 0.727. The number of nitrogens with one attached hydrogen (secondary N) is 2. The van der Waals surface area contributed by atoms with E-state index in [0.29, 0.717) is 24.8 Å². The minimum Gasteiger partial charge on any atom is -0.360 e. The van der Waals surface area contributed by atoms with Crippen LogP contribution in [-0.4, -0.2) is 44.6 Å². The lowest BCUT2D eigenvalue weighted by Crippen LogP contribution is -2.47. The summed E-state index contributed by atoms with van der Waals surface area (Å²) in [5, 5.41) is 6.64. The Morgan fingerprint density at radius 3 is 3.11 bits per heavy atom. The van der Waals surface area contributed by atoms with E-state index in [0.717, 1.165) is 19.4 Å². The second kappa shape index (κ2) is 6.47. The molecule has 108 valence electrons. The van der Waals surface area contributed by atoms with E-state index in [2.05, 4.69) is 15.2 Å². The van der Waals surface area contributed by atoms with Crippen molar-refractivity contribution in [3.05, 3.63) is 18.0 Å². The highest BCUT2D eigenvalue weighted by Crippen LogP contribution is 2.18. The van der Waals surface area contributed by atoms with Crippen LogP contribution in [0, 0.1) is 5.92 Å². The molecule has 2 N–H and O–H groups in total. The highest BCUT2D eigenvalue weighted by molar-refractivity contribution is 7.87. The van der Waals surface area contributed by atoms with E-state index < -0.39 is 10.2 Å². The van der Waals surface area contributed by atoms with Crippen molar-refractivity contribution in [3.8, 4) is 0 Å². The Morgan fingerprint density at radius 1 is 1.58 bits per heavy atom. The first-order valence-corrected chi connectivity index (χ1v) is 7.84. The first-order chi connectivity index (χ1) is 9.12. The van der Waals surface area contributed by atoms with Crippen LogP contribution in [0.25, 0.3) is 0 Å². The molecule has 0 saturated carbocycles. The standard InChI is InChI=1S/C11H20N4O3S/c1-12-7-10-3-2-6-15(9-10)19(16,17)14-8-11-4-5-13-18-11/h4-5,10,12,14H,2-3,6-9H2,1H3. The summed E-state index contributed by atoms with van der Waals surface area (Å²) < 4.78 is 33.2. The monoisotopic (exact) mass is 288 g/mol. The number of piperidine rings is 1.